The molecule has 0 aromatic carbocycles. The fourth-order valence-corrected chi connectivity index (χ4v) is 1.84. The van der Waals surface area contributed by atoms with Crippen LogP contribution in [0.4, 0.5) is 0 Å². The molecule has 1 rings (SSSR count). The predicted octanol–water partition coefficient (Wildman–Crippen LogP) is 1.67. The first-order valence-corrected chi connectivity index (χ1v) is 5.62. The predicted molar refractivity (Wildman–Crippen MR) is 60.6 cm³/mol. The number of hydrogen-bond acceptors (Lipinski definition) is 4. The van der Waals surface area contributed by atoms with Gasteiger partial charge in [-0.2, -0.15) is 11.8 Å². The molecule has 0 aliphatic carbocycles. The smallest absolute Gasteiger partial charge is 0.217 e. The molecule has 1 heterocycles. The van der Waals surface area contributed by atoms with Crippen LogP contribution in [0.1, 0.15) is 12.5 Å². The lowest BCUT2D eigenvalue weighted by atomic mass is 10.3. The third-order valence-corrected chi connectivity index (χ3v) is 3.14. The average molecular weight is 212 g/mol. The Morgan fingerprint density at radius 3 is 3.07 bits per heavy atom. The van der Waals surface area contributed by atoms with Gasteiger partial charge in [-0.3, -0.25) is 0 Å². The van der Waals surface area contributed by atoms with E-state index < -0.39 is 0 Å². The van der Waals surface area contributed by atoms with Crippen LogP contribution in [0.2, 0.25) is 0 Å². The third kappa shape index (κ3) is 3.20. The van der Waals surface area contributed by atoms with Crippen molar-refractivity contribution in [1.29, 1.82) is 0 Å². The quantitative estimate of drug-likeness (QED) is 0.806. The molecule has 0 saturated heterocycles. The molecular formula is C10H16N2OS. The van der Waals surface area contributed by atoms with Crippen LogP contribution in [0.25, 0.3) is 0 Å². The lowest BCUT2D eigenvalue weighted by Gasteiger charge is -2.09. The molecule has 14 heavy (non-hydrogen) atoms. The van der Waals surface area contributed by atoms with Crippen LogP contribution in [0.15, 0.2) is 18.3 Å². The van der Waals surface area contributed by atoms with Gasteiger partial charge in [0.1, 0.15) is 0 Å². The minimum absolute atomic E-state index is 0.472. The Balaban J connectivity index is 2.57. The first-order valence-electron chi connectivity index (χ1n) is 4.57. The second-order valence-corrected chi connectivity index (χ2v) is 4.46. The first-order chi connectivity index (χ1) is 6.77. The van der Waals surface area contributed by atoms with Crippen molar-refractivity contribution in [3.63, 3.8) is 0 Å². The van der Waals surface area contributed by atoms with Crippen molar-refractivity contribution < 1.29 is 4.74 Å². The summed E-state index contributed by atoms with van der Waals surface area (Å²) in [5.41, 5.74) is 6.66. The van der Waals surface area contributed by atoms with Crippen molar-refractivity contribution >= 4 is 11.8 Å². The van der Waals surface area contributed by atoms with Crippen LogP contribution in [-0.4, -0.2) is 23.9 Å². The van der Waals surface area contributed by atoms with Crippen LogP contribution < -0.4 is 10.5 Å². The van der Waals surface area contributed by atoms with Crippen LogP contribution in [0.3, 0.4) is 0 Å². The van der Waals surface area contributed by atoms with Gasteiger partial charge in [0.15, 0.2) is 0 Å². The fraction of sp³-hybridized carbons (Fsp3) is 0.500. The Labute approximate surface area is 89.1 Å². The van der Waals surface area contributed by atoms with Gasteiger partial charge in [0.2, 0.25) is 5.88 Å². The first kappa shape index (κ1) is 11.3. The monoisotopic (exact) mass is 212 g/mol. The second-order valence-electron chi connectivity index (χ2n) is 3.03. The molecule has 0 fully saturated rings. The van der Waals surface area contributed by atoms with E-state index in [0.717, 1.165) is 11.3 Å². The van der Waals surface area contributed by atoms with Gasteiger partial charge < -0.3 is 10.5 Å². The number of rotatable bonds is 5. The van der Waals surface area contributed by atoms with Crippen LogP contribution in [-0.2, 0) is 5.75 Å². The van der Waals surface area contributed by atoms with E-state index in [0.29, 0.717) is 17.7 Å². The number of pyridine rings is 1. The zero-order valence-electron chi connectivity index (χ0n) is 8.56. The van der Waals surface area contributed by atoms with E-state index in [1.807, 2.05) is 23.9 Å². The van der Waals surface area contributed by atoms with Gasteiger partial charge in [0, 0.05) is 29.3 Å². The molecule has 0 amide bonds. The number of ether oxygens (including phenoxy) is 1. The summed E-state index contributed by atoms with van der Waals surface area (Å²) in [5.74, 6) is 1.61. The number of methoxy groups -OCH3 is 1. The van der Waals surface area contributed by atoms with E-state index in [2.05, 4.69) is 11.9 Å². The number of thioether (sulfide) groups is 1. The maximum Gasteiger partial charge on any atom is 0.217 e. The number of nitrogens with zero attached hydrogens (tertiary/aromatic N) is 1. The lowest BCUT2D eigenvalue weighted by molar-refractivity contribution is 0.394. The summed E-state index contributed by atoms with van der Waals surface area (Å²) >= 11 is 1.81. The van der Waals surface area contributed by atoms with E-state index in [9.17, 15) is 0 Å². The molecule has 0 spiro atoms. The number of aromatic nitrogens is 1. The molecule has 0 aliphatic heterocycles. The summed E-state index contributed by atoms with van der Waals surface area (Å²) in [7, 11) is 1.64. The molecule has 1 unspecified atom stereocenters. The molecule has 3 nitrogen and oxygen atoms in total. The zero-order valence-corrected chi connectivity index (χ0v) is 9.38. The maximum atomic E-state index is 5.54. The highest BCUT2D eigenvalue weighted by atomic mass is 32.2. The Hall–Kier alpha value is -0.740. The normalized spacial score (nSPS) is 12.5. The molecule has 1 aromatic heterocycles. The highest BCUT2D eigenvalue weighted by Crippen LogP contribution is 2.22. The Bertz CT molecular complexity index is 281. The van der Waals surface area contributed by atoms with Gasteiger partial charge in [0.05, 0.1) is 7.11 Å². The molecule has 0 bridgehead atoms. The summed E-state index contributed by atoms with van der Waals surface area (Å²) in [6.45, 7) is 2.82. The number of hydrogen-bond donors (Lipinski definition) is 1. The van der Waals surface area contributed by atoms with Crippen molar-refractivity contribution in [1.82, 2.24) is 4.98 Å². The van der Waals surface area contributed by atoms with Crippen LogP contribution >= 0.6 is 11.8 Å². The molecule has 1 atom stereocenters. The van der Waals surface area contributed by atoms with E-state index in [1.165, 1.54) is 0 Å². The van der Waals surface area contributed by atoms with E-state index in [-0.39, 0.29) is 0 Å². The SMILES string of the molecule is COc1ncccc1CSC(C)CN. The van der Waals surface area contributed by atoms with E-state index >= 15 is 0 Å². The highest BCUT2D eigenvalue weighted by molar-refractivity contribution is 7.99. The van der Waals surface area contributed by atoms with Crippen molar-refractivity contribution in [3.05, 3.63) is 23.9 Å². The number of nitrogens with two attached hydrogens (primary N) is 1. The molecule has 4 heteroatoms. The standard InChI is InChI=1S/C10H16N2OS/c1-8(6-11)14-7-9-4-3-5-12-10(9)13-2/h3-5,8H,6-7,11H2,1-2H3. The molecular weight excluding hydrogens is 196 g/mol. The minimum atomic E-state index is 0.472. The van der Waals surface area contributed by atoms with E-state index in [1.54, 1.807) is 13.3 Å². The molecule has 0 radical (unpaired) electrons. The summed E-state index contributed by atoms with van der Waals surface area (Å²) < 4.78 is 5.16. The van der Waals surface area contributed by atoms with Gasteiger partial charge in [0.25, 0.3) is 0 Å². The van der Waals surface area contributed by atoms with Gasteiger partial charge in [-0.1, -0.05) is 13.0 Å². The van der Waals surface area contributed by atoms with Crippen LogP contribution in [0, 0.1) is 0 Å². The van der Waals surface area contributed by atoms with E-state index in [4.69, 9.17) is 10.5 Å². The lowest BCUT2D eigenvalue weighted by Crippen LogP contribution is -2.12. The van der Waals surface area contributed by atoms with Gasteiger partial charge in [-0.15, -0.1) is 0 Å². The van der Waals surface area contributed by atoms with Crippen molar-refractivity contribution in [3.8, 4) is 5.88 Å². The second kappa shape index (κ2) is 5.88. The summed E-state index contributed by atoms with van der Waals surface area (Å²) in [6, 6.07) is 3.95. The molecule has 2 N–H and O–H groups in total. The molecule has 78 valence electrons. The molecule has 0 saturated carbocycles. The van der Waals surface area contributed by atoms with Gasteiger partial charge >= 0.3 is 0 Å². The topological polar surface area (TPSA) is 48.1 Å². The molecule has 1 aromatic rings. The van der Waals surface area contributed by atoms with Crippen molar-refractivity contribution in [2.75, 3.05) is 13.7 Å². The van der Waals surface area contributed by atoms with Gasteiger partial charge in [-0.25, -0.2) is 4.98 Å². The van der Waals surface area contributed by atoms with Crippen LogP contribution in [0.5, 0.6) is 5.88 Å². The average Bonchev–Trinajstić information content (AvgIpc) is 2.26. The maximum absolute atomic E-state index is 5.54. The summed E-state index contributed by atoms with van der Waals surface area (Å²) in [5, 5.41) is 0.472. The van der Waals surface area contributed by atoms with Crippen molar-refractivity contribution in [2.24, 2.45) is 5.73 Å². The third-order valence-electron chi connectivity index (χ3n) is 1.90. The Kier molecular flexibility index (Phi) is 4.76. The fourth-order valence-electron chi connectivity index (χ4n) is 1.02. The zero-order chi connectivity index (χ0) is 10.4. The summed E-state index contributed by atoms with van der Waals surface area (Å²) in [4.78, 5) is 4.13. The molecule has 0 aliphatic rings. The Morgan fingerprint density at radius 2 is 2.43 bits per heavy atom. The highest BCUT2D eigenvalue weighted by Gasteiger charge is 2.05. The van der Waals surface area contributed by atoms with Gasteiger partial charge in [-0.05, 0) is 6.07 Å². The van der Waals surface area contributed by atoms with Crippen molar-refractivity contribution in [2.45, 2.75) is 17.9 Å². The largest absolute Gasteiger partial charge is 0.481 e. The summed E-state index contributed by atoms with van der Waals surface area (Å²) in [6.07, 6.45) is 1.74. The Morgan fingerprint density at radius 1 is 1.64 bits per heavy atom. The minimum Gasteiger partial charge on any atom is -0.481 e.